The van der Waals surface area contributed by atoms with Crippen LogP contribution in [0.1, 0.15) is 53.9 Å². The molecule has 0 fully saturated rings. The van der Waals surface area contributed by atoms with E-state index < -0.39 is 17.2 Å². The number of carbonyl (C=O) groups excluding carboxylic acids is 2. The molecule has 6 nitrogen and oxygen atoms in total. The van der Waals surface area contributed by atoms with Crippen LogP contribution in [0.5, 0.6) is 0 Å². The molecule has 7 heteroatoms. The van der Waals surface area contributed by atoms with Crippen LogP contribution in [0.4, 0.5) is 0 Å². The summed E-state index contributed by atoms with van der Waals surface area (Å²) in [5, 5.41) is 24.6. The lowest BCUT2D eigenvalue weighted by atomic mass is 9.72. The third-order valence-electron chi connectivity index (χ3n) is 4.51. The molecule has 26 heavy (non-hydrogen) atoms. The lowest BCUT2D eigenvalue weighted by Crippen LogP contribution is -2.44. The van der Waals surface area contributed by atoms with Crippen molar-refractivity contribution in [2.75, 3.05) is 5.75 Å². The molecular weight excluding hydrogens is 348 g/mol. The maximum absolute atomic E-state index is 12.1. The molecular formula is C19H28N4O2S. The van der Waals surface area contributed by atoms with E-state index in [9.17, 15) is 20.1 Å². The van der Waals surface area contributed by atoms with E-state index in [0.29, 0.717) is 16.5 Å². The molecule has 0 spiro atoms. The van der Waals surface area contributed by atoms with Gasteiger partial charge >= 0.3 is 0 Å². The molecule has 142 valence electrons. The minimum absolute atomic E-state index is 0.0895. The fourth-order valence-corrected chi connectivity index (χ4v) is 3.88. The Labute approximate surface area is 160 Å². The molecule has 0 radical (unpaired) electrons. The van der Waals surface area contributed by atoms with Crippen LogP contribution in [-0.2, 0) is 9.59 Å². The number of nitriles is 2. The Bertz CT molecular complexity index is 655. The predicted molar refractivity (Wildman–Crippen MR) is 102 cm³/mol. The van der Waals surface area contributed by atoms with Gasteiger partial charge in [-0.05, 0) is 19.3 Å². The van der Waals surface area contributed by atoms with E-state index in [1.165, 1.54) is 0 Å². The van der Waals surface area contributed by atoms with Gasteiger partial charge in [0, 0.05) is 11.5 Å². The highest BCUT2D eigenvalue weighted by molar-refractivity contribution is 8.03. The zero-order valence-corrected chi connectivity index (χ0v) is 17.0. The van der Waals surface area contributed by atoms with E-state index in [4.69, 9.17) is 0 Å². The van der Waals surface area contributed by atoms with Crippen LogP contribution in [-0.4, -0.2) is 23.6 Å². The quantitative estimate of drug-likeness (QED) is 0.677. The lowest BCUT2D eigenvalue weighted by Gasteiger charge is -2.34. The Balaban J connectivity index is 2.66. The van der Waals surface area contributed by atoms with E-state index in [2.05, 4.69) is 30.6 Å². The van der Waals surface area contributed by atoms with Gasteiger partial charge in [0.1, 0.15) is 5.92 Å². The summed E-state index contributed by atoms with van der Waals surface area (Å²) in [6.07, 6.45) is 3.12. The summed E-state index contributed by atoms with van der Waals surface area (Å²) >= 11 is 1.13. The highest BCUT2D eigenvalue weighted by atomic mass is 32.2. The molecule has 0 aromatic carbocycles. The third kappa shape index (κ3) is 5.78. The normalized spacial score (nSPS) is 20.2. The number of thioether (sulfide) groups is 1. The van der Waals surface area contributed by atoms with Crippen molar-refractivity contribution in [2.45, 2.75) is 59.9 Å². The van der Waals surface area contributed by atoms with Gasteiger partial charge < -0.3 is 10.6 Å². The molecule has 2 N–H and O–H groups in total. The fraction of sp³-hybridized carbons (Fsp3) is 0.684. The first-order valence-electron chi connectivity index (χ1n) is 8.91. The standard InChI is InChI=1S/C19H28N4O2S/c1-12(2)7-6-8-13(3)22-16(24)11-26-18-15(10-21)19(4,5)14(9-20)17(25)23-18/h12-14H,6-8,11H2,1-5H3,(H,22,24)(H,23,25)/t13-,14-/m1/s1. The average Bonchev–Trinajstić information content (AvgIpc) is 2.51. The number of allylic oxidation sites excluding steroid dienone is 1. The zero-order valence-electron chi connectivity index (χ0n) is 16.2. The number of hydrogen-bond donors (Lipinski definition) is 2. The molecule has 0 bridgehead atoms. The molecule has 2 atom stereocenters. The minimum atomic E-state index is -0.920. The minimum Gasteiger partial charge on any atom is -0.353 e. The van der Waals surface area contributed by atoms with Gasteiger partial charge in [-0.25, -0.2) is 0 Å². The fourth-order valence-electron chi connectivity index (χ4n) is 2.89. The summed E-state index contributed by atoms with van der Waals surface area (Å²) in [5.74, 6) is -0.716. The van der Waals surface area contributed by atoms with Gasteiger partial charge in [0.15, 0.2) is 0 Å². The summed E-state index contributed by atoms with van der Waals surface area (Å²) in [7, 11) is 0. The molecule has 0 aromatic heterocycles. The van der Waals surface area contributed by atoms with Crippen molar-refractivity contribution in [3.63, 3.8) is 0 Å². The van der Waals surface area contributed by atoms with Crippen molar-refractivity contribution >= 4 is 23.6 Å². The first kappa shape index (κ1) is 22.1. The van der Waals surface area contributed by atoms with Crippen LogP contribution >= 0.6 is 11.8 Å². The van der Waals surface area contributed by atoms with E-state index in [1.807, 2.05) is 13.0 Å². The largest absolute Gasteiger partial charge is 0.353 e. The second-order valence-corrected chi connectivity index (χ2v) is 8.66. The number of hydrogen-bond acceptors (Lipinski definition) is 5. The Hall–Kier alpha value is -1.99. The predicted octanol–water partition coefficient (Wildman–Crippen LogP) is 3.08. The van der Waals surface area contributed by atoms with E-state index in [1.54, 1.807) is 13.8 Å². The summed E-state index contributed by atoms with van der Waals surface area (Å²) in [6, 6.07) is 4.14. The van der Waals surface area contributed by atoms with Crippen LogP contribution in [0.25, 0.3) is 0 Å². The molecule has 1 heterocycles. The smallest absolute Gasteiger partial charge is 0.243 e. The molecule has 2 amide bonds. The zero-order chi connectivity index (χ0) is 19.9. The average molecular weight is 377 g/mol. The molecule has 0 unspecified atom stereocenters. The monoisotopic (exact) mass is 376 g/mol. The molecule has 1 aliphatic rings. The number of amides is 2. The lowest BCUT2D eigenvalue weighted by molar-refractivity contribution is -0.125. The Morgan fingerprint density at radius 2 is 1.96 bits per heavy atom. The van der Waals surface area contributed by atoms with Crippen molar-refractivity contribution < 1.29 is 9.59 Å². The van der Waals surface area contributed by atoms with Gasteiger partial charge in [-0.3, -0.25) is 9.59 Å². The maximum atomic E-state index is 12.1. The third-order valence-corrected chi connectivity index (χ3v) is 5.51. The van der Waals surface area contributed by atoms with Gasteiger partial charge in [-0.1, -0.05) is 52.3 Å². The van der Waals surface area contributed by atoms with Crippen molar-refractivity contribution in [3.05, 3.63) is 10.6 Å². The number of nitrogens with one attached hydrogen (secondary N) is 2. The molecule has 0 aliphatic carbocycles. The SMILES string of the molecule is CC(C)CCC[C@@H](C)NC(=O)CSC1=C(C#N)C(C)(C)[C@H](C#N)C(=O)N1. The van der Waals surface area contributed by atoms with Gasteiger partial charge in [-0.15, -0.1) is 0 Å². The molecule has 1 aliphatic heterocycles. The molecule has 0 saturated carbocycles. The number of carbonyl (C=O) groups is 2. The van der Waals surface area contributed by atoms with Gasteiger partial charge in [-0.2, -0.15) is 10.5 Å². The van der Waals surface area contributed by atoms with Crippen LogP contribution in [0.3, 0.4) is 0 Å². The van der Waals surface area contributed by atoms with Crippen LogP contribution in [0.15, 0.2) is 10.6 Å². The molecule has 1 rings (SSSR count). The maximum Gasteiger partial charge on any atom is 0.243 e. The molecule has 0 aromatic rings. The van der Waals surface area contributed by atoms with Gasteiger partial charge in [0.05, 0.1) is 28.5 Å². The second-order valence-electron chi connectivity index (χ2n) is 7.67. The van der Waals surface area contributed by atoms with Crippen molar-refractivity contribution in [1.82, 2.24) is 10.6 Å². The van der Waals surface area contributed by atoms with Crippen molar-refractivity contribution in [3.8, 4) is 12.1 Å². The van der Waals surface area contributed by atoms with Gasteiger partial charge in [0.2, 0.25) is 11.8 Å². The Kier molecular flexibility index (Phi) is 8.17. The van der Waals surface area contributed by atoms with Crippen LogP contribution < -0.4 is 10.6 Å². The molecule has 0 saturated heterocycles. The number of nitrogens with zero attached hydrogens (tertiary/aromatic N) is 2. The van der Waals surface area contributed by atoms with Crippen molar-refractivity contribution in [2.24, 2.45) is 17.3 Å². The van der Waals surface area contributed by atoms with E-state index >= 15 is 0 Å². The van der Waals surface area contributed by atoms with Crippen molar-refractivity contribution in [1.29, 1.82) is 10.5 Å². The highest BCUT2D eigenvalue weighted by Gasteiger charge is 2.44. The van der Waals surface area contributed by atoms with Crippen LogP contribution in [0.2, 0.25) is 0 Å². The second kappa shape index (κ2) is 9.64. The summed E-state index contributed by atoms with van der Waals surface area (Å²) in [4.78, 5) is 24.3. The first-order valence-corrected chi connectivity index (χ1v) is 9.89. The summed E-state index contributed by atoms with van der Waals surface area (Å²) < 4.78 is 0. The highest BCUT2D eigenvalue weighted by Crippen LogP contribution is 2.41. The number of rotatable bonds is 8. The first-order chi connectivity index (χ1) is 12.1. The summed E-state index contributed by atoms with van der Waals surface area (Å²) in [5.41, 5.74) is -0.541. The van der Waals surface area contributed by atoms with Gasteiger partial charge in [0.25, 0.3) is 0 Å². The van der Waals surface area contributed by atoms with Crippen LogP contribution in [0, 0.1) is 39.9 Å². The Morgan fingerprint density at radius 1 is 1.31 bits per heavy atom. The summed E-state index contributed by atoms with van der Waals surface area (Å²) in [6.45, 7) is 9.74. The topological polar surface area (TPSA) is 106 Å². The van der Waals surface area contributed by atoms with E-state index in [-0.39, 0.29) is 17.7 Å². The van der Waals surface area contributed by atoms with E-state index in [0.717, 1.165) is 31.0 Å². The Morgan fingerprint density at radius 3 is 2.50 bits per heavy atom.